The van der Waals surface area contributed by atoms with Gasteiger partial charge in [-0.25, -0.2) is 14.4 Å². The maximum atomic E-state index is 13.3. The minimum absolute atomic E-state index is 0.204. The third-order valence-corrected chi connectivity index (χ3v) is 5.37. The van der Waals surface area contributed by atoms with Crippen molar-refractivity contribution in [2.75, 3.05) is 32.5 Å². The van der Waals surface area contributed by atoms with Gasteiger partial charge < -0.3 is 10.2 Å². The highest BCUT2D eigenvalue weighted by Gasteiger charge is 2.24. The SMILES string of the molecule is C[C@H](CN(C)C)Nc1nc(-c2ccccn2)nc2c1CN(Cc1ccc(F)cc1)CC2. The van der Waals surface area contributed by atoms with E-state index in [1.54, 1.807) is 6.20 Å². The molecule has 0 amide bonds. The Morgan fingerprint density at radius 3 is 2.65 bits per heavy atom. The highest BCUT2D eigenvalue weighted by Crippen LogP contribution is 2.28. The van der Waals surface area contributed by atoms with Crippen LogP contribution in [0.1, 0.15) is 23.7 Å². The van der Waals surface area contributed by atoms with Crippen molar-refractivity contribution in [2.45, 2.75) is 32.5 Å². The van der Waals surface area contributed by atoms with Gasteiger partial charge in [0.25, 0.3) is 0 Å². The highest BCUT2D eigenvalue weighted by atomic mass is 19.1. The molecule has 2 aromatic heterocycles. The largest absolute Gasteiger partial charge is 0.366 e. The molecular weight excluding hydrogens is 391 g/mol. The molecule has 0 saturated carbocycles. The van der Waals surface area contributed by atoms with Crippen LogP contribution in [-0.2, 0) is 19.5 Å². The second-order valence-corrected chi connectivity index (χ2v) is 8.43. The first-order valence-corrected chi connectivity index (χ1v) is 10.7. The Bertz CT molecular complexity index is 1010. The van der Waals surface area contributed by atoms with E-state index >= 15 is 0 Å². The van der Waals surface area contributed by atoms with E-state index in [9.17, 15) is 4.39 Å². The van der Waals surface area contributed by atoms with Gasteiger partial charge in [0.1, 0.15) is 17.3 Å². The molecule has 3 aromatic rings. The molecule has 162 valence electrons. The van der Waals surface area contributed by atoms with Gasteiger partial charge in [-0.15, -0.1) is 0 Å². The fourth-order valence-electron chi connectivity index (χ4n) is 4.01. The predicted octanol–water partition coefficient (Wildman–Crippen LogP) is 3.60. The number of fused-ring (bicyclic) bond motifs is 1. The van der Waals surface area contributed by atoms with Crippen molar-refractivity contribution in [1.82, 2.24) is 24.8 Å². The van der Waals surface area contributed by atoms with Crippen LogP contribution in [0.5, 0.6) is 0 Å². The number of nitrogens with one attached hydrogen (secondary N) is 1. The third-order valence-electron chi connectivity index (χ3n) is 5.37. The molecule has 1 aromatic carbocycles. The Morgan fingerprint density at radius 1 is 1.13 bits per heavy atom. The van der Waals surface area contributed by atoms with Crippen molar-refractivity contribution in [2.24, 2.45) is 0 Å². The Hall–Kier alpha value is -2.90. The molecule has 1 aliphatic heterocycles. The minimum atomic E-state index is -0.204. The summed E-state index contributed by atoms with van der Waals surface area (Å²) in [6, 6.07) is 12.8. The Morgan fingerprint density at radius 2 is 1.94 bits per heavy atom. The molecular formula is C24H29FN6. The number of pyridine rings is 1. The van der Waals surface area contributed by atoms with Gasteiger partial charge in [0.15, 0.2) is 5.82 Å². The van der Waals surface area contributed by atoms with E-state index < -0.39 is 0 Å². The standard InChI is InChI=1S/C24H29FN6/c1-17(14-30(2)3)27-23-20-16-31(15-18-7-9-19(25)10-8-18)13-11-21(20)28-24(29-23)22-6-4-5-12-26-22/h4-10,12,17H,11,13-16H2,1-3H3,(H,27,28,29)/t17-/m1/s1. The van der Waals surface area contributed by atoms with Gasteiger partial charge in [-0.2, -0.15) is 0 Å². The number of likely N-dealkylation sites (N-methyl/N-ethyl adjacent to an activating group) is 1. The first-order chi connectivity index (χ1) is 15.0. The minimum Gasteiger partial charge on any atom is -0.366 e. The normalized spacial score (nSPS) is 15.0. The summed E-state index contributed by atoms with van der Waals surface area (Å²) in [6.45, 7) is 5.49. The fourth-order valence-corrected chi connectivity index (χ4v) is 4.01. The van der Waals surface area contributed by atoms with Crippen LogP contribution in [0.4, 0.5) is 10.2 Å². The smallest absolute Gasteiger partial charge is 0.180 e. The number of hydrogen-bond donors (Lipinski definition) is 1. The van der Waals surface area contributed by atoms with Gasteiger partial charge in [-0.1, -0.05) is 18.2 Å². The van der Waals surface area contributed by atoms with Gasteiger partial charge in [-0.3, -0.25) is 9.88 Å². The van der Waals surface area contributed by atoms with Crippen molar-refractivity contribution in [3.63, 3.8) is 0 Å². The van der Waals surface area contributed by atoms with Crippen molar-refractivity contribution in [3.8, 4) is 11.5 Å². The van der Waals surface area contributed by atoms with E-state index in [-0.39, 0.29) is 11.9 Å². The lowest BCUT2D eigenvalue weighted by atomic mass is 10.0. The molecule has 0 aliphatic carbocycles. The van der Waals surface area contributed by atoms with Gasteiger partial charge in [0.05, 0.1) is 5.69 Å². The van der Waals surface area contributed by atoms with Crippen LogP contribution in [0.3, 0.4) is 0 Å². The van der Waals surface area contributed by atoms with E-state index in [1.807, 2.05) is 30.3 Å². The Labute approximate surface area is 183 Å². The van der Waals surface area contributed by atoms with Crippen molar-refractivity contribution >= 4 is 5.82 Å². The molecule has 6 nitrogen and oxygen atoms in total. The molecule has 31 heavy (non-hydrogen) atoms. The number of aromatic nitrogens is 3. The van der Waals surface area contributed by atoms with Crippen LogP contribution >= 0.6 is 0 Å². The zero-order valence-electron chi connectivity index (χ0n) is 18.3. The highest BCUT2D eigenvalue weighted by molar-refractivity contribution is 5.57. The average molecular weight is 421 g/mol. The second kappa shape index (κ2) is 9.49. The predicted molar refractivity (Wildman–Crippen MR) is 121 cm³/mol. The molecule has 0 saturated heterocycles. The van der Waals surface area contributed by atoms with Crippen LogP contribution < -0.4 is 5.32 Å². The lowest BCUT2D eigenvalue weighted by Crippen LogP contribution is -2.34. The zero-order chi connectivity index (χ0) is 21.8. The summed E-state index contributed by atoms with van der Waals surface area (Å²) in [6.07, 6.45) is 2.61. The van der Waals surface area contributed by atoms with Crippen LogP contribution in [-0.4, -0.2) is 58.0 Å². The number of anilines is 1. The summed E-state index contributed by atoms with van der Waals surface area (Å²) in [5.41, 5.74) is 4.10. The molecule has 3 heterocycles. The molecule has 4 rings (SSSR count). The van der Waals surface area contributed by atoms with Crippen LogP contribution in [0, 0.1) is 5.82 Å². The summed E-state index contributed by atoms with van der Waals surface area (Å²) in [7, 11) is 4.13. The van der Waals surface area contributed by atoms with Crippen LogP contribution in [0.2, 0.25) is 0 Å². The van der Waals surface area contributed by atoms with E-state index in [4.69, 9.17) is 9.97 Å². The molecule has 0 fully saturated rings. The average Bonchev–Trinajstić information content (AvgIpc) is 2.75. The Kier molecular flexibility index (Phi) is 6.53. The summed E-state index contributed by atoms with van der Waals surface area (Å²) in [5.74, 6) is 1.33. The fraction of sp³-hybridized carbons (Fsp3) is 0.375. The summed E-state index contributed by atoms with van der Waals surface area (Å²) >= 11 is 0. The molecule has 7 heteroatoms. The van der Waals surface area contributed by atoms with E-state index in [2.05, 4.69) is 41.1 Å². The first-order valence-electron chi connectivity index (χ1n) is 10.7. The number of halogens is 1. The molecule has 1 aliphatic rings. The lowest BCUT2D eigenvalue weighted by Gasteiger charge is -2.30. The molecule has 0 spiro atoms. The van der Waals surface area contributed by atoms with Crippen molar-refractivity contribution < 1.29 is 4.39 Å². The molecule has 1 N–H and O–H groups in total. The topological polar surface area (TPSA) is 57.2 Å². The molecule has 0 unspecified atom stereocenters. The van der Waals surface area contributed by atoms with Crippen LogP contribution in [0.15, 0.2) is 48.7 Å². The van der Waals surface area contributed by atoms with Gasteiger partial charge in [0.2, 0.25) is 0 Å². The van der Waals surface area contributed by atoms with Crippen LogP contribution in [0.25, 0.3) is 11.5 Å². The van der Waals surface area contributed by atoms with Crippen molar-refractivity contribution in [3.05, 3.63) is 71.3 Å². The van der Waals surface area contributed by atoms with E-state index in [0.717, 1.165) is 60.9 Å². The van der Waals surface area contributed by atoms with E-state index in [0.29, 0.717) is 5.82 Å². The summed E-state index contributed by atoms with van der Waals surface area (Å²) < 4.78 is 13.3. The molecule has 0 bridgehead atoms. The maximum Gasteiger partial charge on any atom is 0.180 e. The van der Waals surface area contributed by atoms with Gasteiger partial charge >= 0.3 is 0 Å². The first kappa shape index (κ1) is 21.3. The summed E-state index contributed by atoms with van der Waals surface area (Å²) in [4.78, 5) is 18.7. The third kappa shape index (κ3) is 5.42. The lowest BCUT2D eigenvalue weighted by molar-refractivity contribution is 0.243. The number of benzene rings is 1. The van der Waals surface area contributed by atoms with Gasteiger partial charge in [-0.05, 0) is 50.8 Å². The number of nitrogens with zero attached hydrogens (tertiary/aromatic N) is 5. The molecule has 0 radical (unpaired) electrons. The Balaban J connectivity index is 1.62. The monoisotopic (exact) mass is 420 g/mol. The molecule has 1 atom stereocenters. The summed E-state index contributed by atoms with van der Waals surface area (Å²) in [5, 5.41) is 3.61. The quantitative estimate of drug-likeness (QED) is 0.630. The van der Waals surface area contributed by atoms with Crippen molar-refractivity contribution in [1.29, 1.82) is 0 Å². The zero-order valence-corrected chi connectivity index (χ0v) is 18.3. The maximum absolute atomic E-state index is 13.3. The number of hydrogen-bond acceptors (Lipinski definition) is 6. The number of rotatable bonds is 7. The second-order valence-electron chi connectivity index (χ2n) is 8.43. The van der Waals surface area contributed by atoms with Gasteiger partial charge in [0, 0.05) is 50.4 Å². The van der Waals surface area contributed by atoms with E-state index in [1.165, 1.54) is 12.1 Å².